The van der Waals surface area contributed by atoms with Crippen LogP contribution in [0.15, 0.2) is 70.1 Å². The van der Waals surface area contributed by atoms with E-state index in [1.54, 1.807) is 23.5 Å². The van der Waals surface area contributed by atoms with Gasteiger partial charge in [0, 0.05) is 5.56 Å². The summed E-state index contributed by atoms with van der Waals surface area (Å²) >= 11 is 5.06. The lowest BCUT2D eigenvalue weighted by atomic mass is 9.91. The third-order valence-corrected chi connectivity index (χ3v) is 6.91. The van der Waals surface area contributed by atoms with Gasteiger partial charge in [-0.2, -0.15) is 0 Å². The number of rotatable bonds is 4. The highest BCUT2D eigenvalue weighted by Gasteiger charge is 2.23. The summed E-state index contributed by atoms with van der Waals surface area (Å²) in [6.07, 6.45) is 10.5. The lowest BCUT2D eigenvalue weighted by Crippen LogP contribution is -2.17. The number of nitrogens with one attached hydrogen (secondary N) is 1. The Balaban J connectivity index is 1.50. The summed E-state index contributed by atoms with van der Waals surface area (Å²) in [6.45, 7) is 0. The molecule has 0 unspecified atom stereocenters. The number of carbonyl (C=O) groups excluding carboxylic acids is 1. The molecule has 0 atom stereocenters. The Hall–Kier alpha value is -3.03. The smallest absolute Gasteiger partial charge is 0.230 e. The predicted molar refractivity (Wildman–Crippen MR) is 132 cm³/mol. The molecule has 0 bridgehead atoms. The molecule has 0 spiro atoms. The second kappa shape index (κ2) is 8.84. The molecule has 1 amide bonds. The molecule has 0 radical (unpaired) electrons. The van der Waals surface area contributed by atoms with E-state index in [9.17, 15) is 9.90 Å². The van der Waals surface area contributed by atoms with Crippen LogP contribution >= 0.6 is 27.3 Å². The summed E-state index contributed by atoms with van der Waals surface area (Å²) < 4.78 is 1.08. The largest absolute Gasteiger partial charge is 0.508 e. The first kappa shape index (κ1) is 20.8. The van der Waals surface area contributed by atoms with Gasteiger partial charge in [0.25, 0.3) is 0 Å². The molecule has 2 aromatic heterocycles. The van der Waals surface area contributed by atoms with Gasteiger partial charge in [0.15, 0.2) is 5.82 Å². The number of allylic oxidation sites excluding steroid dienone is 5. The molecule has 0 saturated heterocycles. The van der Waals surface area contributed by atoms with Crippen LogP contribution in [0.4, 0.5) is 5.82 Å². The first-order valence-corrected chi connectivity index (χ1v) is 12.0. The van der Waals surface area contributed by atoms with E-state index < -0.39 is 0 Å². The molecule has 7 heteroatoms. The molecule has 3 aromatic rings. The summed E-state index contributed by atoms with van der Waals surface area (Å²) in [4.78, 5) is 23.6. The molecule has 5 nitrogen and oxygen atoms in total. The highest BCUT2D eigenvalue weighted by Crippen LogP contribution is 2.38. The van der Waals surface area contributed by atoms with Gasteiger partial charge in [0.2, 0.25) is 5.91 Å². The van der Waals surface area contributed by atoms with E-state index in [1.807, 2.05) is 47.9 Å². The second-order valence-corrected chi connectivity index (χ2v) is 9.69. The van der Waals surface area contributed by atoms with Crippen molar-refractivity contribution in [2.75, 3.05) is 5.32 Å². The number of carbonyl (C=O) groups is 1. The Bertz CT molecular complexity index is 1290. The number of anilines is 1. The Morgan fingerprint density at radius 3 is 2.91 bits per heavy atom. The Morgan fingerprint density at radius 1 is 1.16 bits per heavy atom. The van der Waals surface area contributed by atoms with Crippen molar-refractivity contribution in [2.24, 2.45) is 0 Å². The van der Waals surface area contributed by atoms with Gasteiger partial charge in [-0.15, -0.1) is 11.3 Å². The number of hydrogen-bond donors (Lipinski definition) is 2. The molecular weight excluding hydrogens is 486 g/mol. The topological polar surface area (TPSA) is 75.1 Å². The summed E-state index contributed by atoms with van der Waals surface area (Å²) in [6, 6.07) is 9.31. The van der Waals surface area contributed by atoms with Crippen molar-refractivity contribution in [1.82, 2.24) is 9.97 Å². The number of aromatic nitrogens is 2. The van der Waals surface area contributed by atoms with Crippen molar-refractivity contribution in [3.05, 3.63) is 81.3 Å². The van der Waals surface area contributed by atoms with Crippen LogP contribution < -0.4 is 5.32 Å². The van der Waals surface area contributed by atoms with Gasteiger partial charge in [0.1, 0.15) is 11.4 Å². The number of aromatic hydroxyl groups is 1. The number of phenols is 1. The van der Waals surface area contributed by atoms with E-state index >= 15 is 0 Å². The minimum Gasteiger partial charge on any atom is -0.508 e. The van der Waals surface area contributed by atoms with Crippen molar-refractivity contribution < 1.29 is 9.90 Å². The van der Waals surface area contributed by atoms with E-state index in [2.05, 4.69) is 21.2 Å². The van der Waals surface area contributed by atoms with Crippen molar-refractivity contribution in [3.8, 4) is 27.6 Å². The molecule has 2 aliphatic carbocycles. The summed E-state index contributed by atoms with van der Waals surface area (Å²) in [7, 11) is 0. The molecule has 0 saturated carbocycles. The fourth-order valence-corrected chi connectivity index (χ4v) is 4.96. The predicted octanol–water partition coefficient (Wildman–Crippen LogP) is 6.17. The number of amides is 1. The van der Waals surface area contributed by atoms with Gasteiger partial charge < -0.3 is 10.4 Å². The van der Waals surface area contributed by atoms with E-state index in [1.165, 1.54) is 0 Å². The van der Waals surface area contributed by atoms with Crippen molar-refractivity contribution in [3.63, 3.8) is 0 Å². The maximum absolute atomic E-state index is 12.9. The molecule has 5 rings (SSSR count). The summed E-state index contributed by atoms with van der Waals surface area (Å²) in [5.74, 6) is 0.625. The Labute approximate surface area is 198 Å². The lowest BCUT2D eigenvalue weighted by Gasteiger charge is -2.21. The number of benzene rings is 1. The van der Waals surface area contributed by atoms with Crippen LogP contribution in [-0.2, 0) is 17.6 Å². The maximum atomic E-state index is 12.9. The molecule has 32 heavy (non-hydrogen) atoms. The number of thiophene rings is 1. The molecule has 2 N–H and O–H groups in total. The SMILES string of the molecule is O=C(CC1=CC=C(Br)CC=C1)Nc1nc2c(nc1-c1cccs1)-c1ccc(O)cc1CC2. The highest BCUT2D eigenvalue weighted by atomic mass is 79.9. The van der Waals surface area contributed by atoms with Gasteiger partial charge in [-0.05, 0) is 64.5 Å². The third-order valence-electron chi connectivity index (χ3n) is 5.44. The molecule has 0 aliphatic heterocycles. The number of fused-ring (bicyclic) bond motifs is 3. The second-order valence-electron chi connectivity index (χ2n) is 7.72. The number of phenolic OH excluding ortho intramolecular Hbond substituents is 1. The average molecular weight is 506 g/mol. The number of halogens is 1. The zero-order chi connectivity index (χ0) is 22.1. The number of hydrogen-bond acceptors (Lipinski definition) is 5. The van der Waals surface area contributed by atoms with E-state index in [0.29, 0.717) is 17.9 Å². The normalized spacial score (nSPS) is 14.7. The quantitative estimate of drug-likeness (QED) is 0.444. The molecule has 2 heterocycles. The summed E-state index contributed by atoms with van der Waals surface area (Å²) in [5, 5.41) is 14.8. The summed E-state index contributed by atoms with van der Waals surface area (Å²) in [5.41, 5.74) is 5.33. The standard InChI is InChI=1S/C25H20BrN3O2S/c26-17-4-1-3-15(6-8-17)13-22(31)28-25-24(21-5-2-12-32-21)29-23-19-10-9-18(30)14-16(19)7-11-20(23)27-25/h1-3,5-6,8-10,12,14,30H,4,7,11,13H2,(H,27,28,31). The first-order valence-electron chi connectivity index (χ1n) is 10.4. The first-order chi connectivity index (χ1) is 15.6. The average Bonchev–Trinajstić information content (AvgIpc) is 3.23. The van der Waals surface area contributed by atoms with Gasteiger partial charge in [0.05, 0.1) is 22.7 Å². The van der Waals surface area contributed by atoms with Crippen LogP contribution in [-0.4, -0.2) is 21.0 Å². The third kappa shape index (κ3) is 4.31. The van der Waals surface area contributed by atoms with Crippen LogP contribution in [0, 0.1) is 0 Å². The zero-order valence-corrected chi connectivity index (χ0v) is 19.5. The van der Waals surface area contributed by atoms with E-state index in [-0.39, 0.29) is 18.1 Å². The monoisotopic (exact) mass is 505 g/mol. The van der Waals surface area contributed by atoms with Crippen LogP contribution in [0.2, 0.25) is 0 Å². The zero-order valence-electron chi connectivity index (χ0n) is 17.1. The highest BCUT2D eigenvalue weighted by molar-refractivity contribution is 9.11. The van der Waals surface area contributed by atoms with Gasteiger partial charge >= 0.3 is 0 Å². The van der Waals surface area contributed by atoms with Crippen molar-refractivity contribution in [2.45, 2.75) is 25.7 Å². The number of aryl methyl sites for hydroxylation is 2. The van der Waals surface area contributed by atoms with E-state index in [4.69, 9.17) is 9.97 Å². The maximum Gasteiger partial charge on any atom is 0.230 e. The van der Waals surface area contributed by atoms with Crippen LogP contribution in [0.3, 0.4) is 0 Å². The Morgan fingerprint density at radius 2 is 2.06 bits per heavy atom. The van der Waals surface area contributed by atoms with E-state index in [0.717, 1.165) is 50.3 Å². The van der Waals surface area contributed by atoms with Crippen LogP contribution in [0.5, 0.6) is 5.75 Å². The van der Waals surface area contributed by atoms with Crippen molar-refractivity contribution >= 4 is 39.0 Å². The van der Waals surface area contributed by atoms with Gasteiger partial charge in [-0.1, -0.05) is 46.3 Å². The molecule has 160 valence electrons. The number of nitrogens with zero attached hydrogens (tertiary/aromatic N) is 2. The van der Waals surface area contributed by atoms with Gasteiger partial charge in [-0.25, -0.2) is 9.97 Å². The van der Waals surface area contributed by atoms with Gasteiger partial charge in [-0.3, -0.25) is 4.79 Å². The molecule has 0 fully saturated rings. The minimum atomic E-state index is -0.125. The van der Waals surface area contributed by atoms with Crippen molar-refractivity contribution in [1.29, 1.82) is 0 Å². The van der Waals surface area contributed by atoms with Crippen LogP contribution in [0.25, 0.3) is 21.8 Å². The van der Waals surface area contributed by atoms with Crippen LogP contribution in [0.1, 0.15) is 24.1 Å². The Kier molecular flexibility index (Phi) is 5.76. The molecule has 2 aliphatic rings. The minimum absolute atomic E-state index is 0.125. The lowest BCUT2D eigenvalue weighted by molar-refractivity contribution is -0.115. The molecule has 1 aromatic carbocycles. The fraction of sp³-hybridized carbons (Fsp3) is 0.160. The fourth-order valence-electron chi connectivity index (χ4n) is 3.93. The molecular formula is C25H20BrN3O2S.